The molecule has 1 aliphatic carbocycles. The predicted octanol–water partition coefficient (Wildman–Crippen LogP) is 4.00. The van der Waals surface area contributed by atoms with Crippen LogP contribution in [-0.4, -0.2) is 74.4 Å². The summed E-state index contributed by atoms with van der Waals surface area (Å²) in [6, 6.07) is 3.44. The summed E-state index contributed by atoms with van der Waals surface area (Å²) in [6.45, 7) is 6.97. The highest BCUT2D eigenvalue weighted by atomic mass is 32.1. The Morgan fingerprint density at radius 2 is 1.80 bits per heavy atom. The monoisotopic (exact) mass is 642 g/mol. The molecule has 0 radical (unpaired) electrons. The zero-order valence-corrected chi connectivity index (χ0v) is 27.4. The van der Waals surface area contributed by atoms with Gasteiger partial charge in [-0.05, 0) is 49.6 Å². The summed E-state index contributed by atoms with van der Waals surface area (Å²) in [5.74, 6) is -2.42. The van der Waals surface area contributed by atoms with Crippen LogP contribution in [0.25, 0.3) is 5.57 Å². The smallest absolute Gasteiger partial charge is 0.405 e. The van der Waals surface area contributed by atoms with E-state index in [1.807, 2.05) is 6.92 Å². The molecule has 11 nitrogen and oxygen atoms in total. The Morgan fingerprint density at radius 1 is 1.09 bits per heavy atom. The molecular weight excluding hydrogens is 600 g/mol. The average molecular weight is 643 g/mol. The summed E-state index contributed by atoms with van der Waals surface area (Å²) in [5, 5.41) is 15.7. The van der Waals surface area contributed by atoms with E-state index in [0.717, 1.165) is 0 Å². The number of ketones is 2. The molecule has 0 unspecified atom stereocenters. The van der Waals surface area contributed by atoms with Crippen molar-refractivity contribution < 1.29 is 43.2 Å². The first kappa shape index (κ1) is 35.6. The van der Waals surface area contributed by atoms with Gasteiger partial charge in [0.2, 0.25) is 11.6 Å². The zero-order valence-electron chi connectivity index (χ0n) is 26.6. The van der Waals surface area contributed by atoms with Crippen LogP contribution >= 0.6 is 11.3 Å². The molecule has 3 rings (SSSR count). The van der Waals surface area contributed by atoms with E-state index in [1.54, 1.807) is 56.5 Å². The normalized spacial score (nSPS) is 30.6. The minimum absolute atomic E-state index is 0.0530. The minimum atomic E-state index is -1.01. The first-order chi connectivity index (χ1) is 21.3. The number of primary amides is 1. The Hall–Kier alpha value is -3.84. The molecule has 1 aliphatic heterocycles. The molecular formula is C33H42N2O9S. The fraction of sp³-hybridized carbons (Fsp3) is 0.455. The second-order valence-corrected chi connectivity index (χ2v) is 12.2. The van der Waals surface area contributed by atoms with Crippen LogP contribution in [0.4, 0.5) is 4.79 Å². The van der Waals surface area contributed by atoms with Gasteiger partial charge in [0.05, 0.1) is 24.9 Å². The van der Waals surface area contributed by atoms with Crippen LogP contribution in [0.15, 0.2) is 70.0 Å². The number of aliphatic hydroxyl groups excluding tert-OH is 1. The summed E-state index contributed by atoms with van der Waals surface area (Å²) in [6.07, 6.45) is 2.50. The van der Waals surface area contributed by atoms with Crippen molar-refractivity contribution in [1.29, 1.82) is 0 Å². The number of amides is 2. The third-order valence-corrected chi connectivity index (χ3v) is 8.76. The summed E-state index contributed by atoms with van der Waals surface area (Å²) in [4.78, 5) is 53.5. The molecule has 0 saturated heterocycles. The van der Waals surface area contributed by atoms with E-state index in [0.29, 0.717) is 16.9 Å². The number of allylic oxidation sites excluding steroid dienone is 4. The Labute approximate surface area is 267 Å². The highest BCUT2D eigenvalue weighted by Gasteiger charge is 2.39. The number of hydrogen-bond donors (Lipinski definition) is 3. The van der Waals surface area contributed by atoms with Crippen LogP contribution in [0.5, 0.6) is 0 Å². The number of Topliss-reactive ketones (excluding diaryl/α,β-unsaturated/α-hetero) is 2. The number of carbonyl (C=O) groups excluding carboxylic acids is 4. The number of nitrogens with two attached hydrogens (primary N) is 1. The molecule has 0 aromatic carbocycles. The number of fused-ring (bicyclic) bond motifs is 2. The second kappa shape index (κ2) is 15.9. The van der Waals surface area contributed by atoms with E-state index in [2.05, 4.69) is 5.32 Å². The third kappa shape index (κ3) is 8.46. The molecule has 45 heavy (non-hydrogen) atoms. The molecule has 6 atom stereocenters. The van der Waals surface area contributed by atoms with Crippen LogP contribution in [0, 0.1) is 11.8 Å². The van der Waals surface area contributed by atoms with Crippen LogP contribution in [0.1, 0.15) is 45.4 Å². The van der Waals surface area contributed by atoms with Gasteiger partial charge in [-0.1, -0.05) is 44.2 Å². The summed E-state index contributed by atoms with van der Waals surface area (Å²) < 4.78 is 22.2. The maximum absolute atomic E-state index is 14.0. The first-order valence-corrected chi connectivity index (χ1v) is 15.4. The average Bonchev–Trinajstić information content (AvgIpc) is 3.53. The molecule has 2 heterocycles. The van der Waals surface area contributed by atoms with Gasteiger partial charge in [0.25, 0.3) is 5.91 Å². The van der Waals surface area contributed by atoms with Gasteiger partial charge in [0, 0.05) is 36.2 Å². The van der Waals surface area contributed by atoms with E-state index < -0.39 is 53.9 Å². The Morgan fingerprint density at radius 3 is 2.38 bits per heavy atom. The lowest BCUT2D eigenvalue weighted by molar-refractivity contribution is -0.120. The number of nitrogens with one attached hydrogen (secondary N) is 1. The number of aliphatic hydroxyl groups is 1. The van der Waals surface area contributed by atoms with Crippen molar-refractivity contribution in [3.63, 3.8) is 0 Å². The zero-order chi connectivity index (χ0) is 33.4. The van der Waals surface area contributed by atoms with E-state index >= 15 is 0 Å². The standard InChI is InChI=1S/C33H42N2O9S/c1-17-14-21-28(37)26(25(24-12-9-13-45-24)29(38)31(21)43-7)35-32(39)18(2)10-8-11-22(41-5)30(44-33(34)40)20(4)16-19(3)27(36)23(15-17)42-6/h8-13,16-17,19,22-23,27,30,36H,14-15H2,1-7H3,(H2,34,40)(H,35,39)/b11-8-,18-10+,20-16+/t17-,19+,22+,23+,27-,30+/m1/s1. The lowest BCUT2D eigenvalue weighted by atomic mass is 9.83. The number of methoxy groups -OCH3 is 3. The van der Waals surface area contributed by atoms with Crippen LogP contribution < -0.4 is 11.1 Å². The van der Waals surface area contributed by atoms with Crippen molar-refractivity contribution in [1.82, 2.24) is 5.32 Å². The highest BCUT2D eigenvalue weighted by molar-refractivity contribution is 7.11. The van der Waals surface area contributed by atoms with Crippen molar-refractivity contribution in [2.45, 2.75) is 65.0 Å². The van der Waals surface area contributed by atoms with Crippen LogP contribution in [0.2, 0.25) is 0 Å². The van der Waals surface area contributed by atoms with Gasteiger partial charge < -0.3 is 35.1 Å². The van der Waals surface area contributed by atoms with Gasteiger partial charge >= 0.3 is 6.09 Å². The molecule has 2 bridgehead atoms. The lowest BCUT2D eigenvalue weighted by Gasteiger charge is -2.30. The summed E-state index contributed by atoms with van der Waals surface area (Å²) >= 11 is 1.26. The van der Waals surface area contributed by atoms with E-state index in [-0.39, 0.29) is 40.5 Å². The molecule has 1 aromatic rings. The SMILES string of the molecule is COC1=C2C[C@@H](C)C[C@H](OC)[C@H](O)[C@@H](C)/C=C(\C)[C@H](OC(N)=O)[C@@H](OC)/C=C\C=C(/C)C(=O)NC(=C(c3cccs3)C1=O)C2=O. The van der Waals surface area contributed by atoms with Gasteiger partial charge in [-0.25, -0.2) is 4.79 Å². The van der Waals surface area contributed by atoms with E-state index in [9.17, 15) is 24.3 Å². The molecule has 0 saturated carbocycles. The van der Waals surface area contributed by atoms with E-state index in [1.165, 1.54) is 38.7 Å². The highest BCUT2D eigenvalue weighted by Crippen LogP contribution is 2.36. The van der Waals surface area contributed by atoms with Gasteiger partial charge in [-0.2, -0.15) is 0 Å². The molecule has 2 aliphatic rings. The summed E-state index contributed by atoms with van der Waals surface area (Å²) in [5.41, 5.74) is 6.23. The van der Waals surface area contributed by atoms with Crippen molar-refractivity contribution in [3.8, 4) is 0 Å². The molecule has 0 fully saturated rings. The van der Waals surface area contributed by atoms with Crippen molar-refractivity contribution in [2.24, 2.45) is 17.6 Å². The molecule has 4 N–H and O–H groups in total. The predicted molar refractivity (Wildman–Crippen MR) is 170 cm³/mol. The van der Waals surface area contributed by atoms with Crippen LogP contribution in [0.3, 0.4) is 0 Å². The Balaban J connectivity index is 2.18. The van der Waals surface area contributed by atoms with Gasteiger partial charge in [-0.15, -0.1) is 11.3 Å². The van der Waals surface area contributed by atoms with Gasteiger partial charge in [-0.3, -0.25) is 14.4 Å². The molecule has 0 spiro atoms. The van der Waals surface area contributed by atoms with Gasteiger partial charge in [0.1, 0.15) is 11.8 Å². The quantitative estimate of drug-likeness (QED) is 0.318. The van der Waals surface area contributed by atoms with Crippen LogP contribution in [-0.2, 0) is 33.3 Å². The number of rotatable bonds is 5. The number of hydrogen-bond acceptors (Lipinski definition) is 10. The maximum atomic E-state index is 14.0. The third-order valence-electron chi connectivity index (χ3n) is 7.87. The fourth-order valence-electron chi connectivity index (χ4n) is 5.50. The molecule has 2 amide bonds. The summed E-state index contributed by atoms with van der Waals surface area (Å²) in [7, 11) is 4.25. The van der Waals surface area contributed by atoms with E-state index in [4.69, 9.17) is 24.7 Å². The molecule has 12 heteroatoms. The van der Waals surface area contributed by atoms with Gasteiger partial charge in [0.15, 0.2) is 11.9 Å². The maximum Gasteiger partial charge on any atom is 0.405 e. The minimum Gasteiger partial charge on any atom is -0.492 e. The Bertz CT molecular complexity index is 1440. The van der Waals surface area contributed by atoms with Crippen molar-refractivity contribution >= 4 is 40.5 Å². The second-order valence-electron chi connectivity index (χ2n) is 11.2. The molecule has 244 valence electrons. The number of thiophene rings is 1. The lowest BCUT2D eigenvalue weighted by Crippen LogP contribution is -2.37. The first-order valence-electron chi connectivity index (χ1n) is 14.5. The molecule has 1 aromatic heterocycles. The van der Waals surface area contributed by atoms with Crippen molar-refractivity contribution in [2.75, 3.05) is 21.3 Å². The topological polar surface area (TPSA) is 163 Å². The fourth-order valence-corrected chi connectivity index (χ4v) is 6.28. The number of carbonyl (C=O) groups is 4. The largest absolute Gasteiger partial charge is 0.492 e. The van der Waals surface area contributed by atoms with Crippen molar-refractivity contribution in [3.05, 3.63) is 74.9 Å². The number of ether oxygens (including phenoxy) is 4. The Kier molecular flexibility index (Phi) is 12.6.